The number of likely N-dealkylation sites (tertiary alicyclic amines) is 1. The van der Waals surface area contributed by atoms with Crippen molar-refractivity contribution in [3.05, 3.63) is 53.7 Å². The van der Waals surface area contributed by atoms with Crippen LogP contribution in [0.5, 0.6) is 0 Å². The first-order valence-corrected chi connectivity index (χ1v) is 9.83. The average molecular weight is 368 g/mol. The van der Waals surface area contributed by atoms with E-state index in [2.05, 4.69) is 36.2 Å². The molecule has 0 aliphatic carbocycles. The first-order chi connectivity index (χ1) is 13.2. The molecule has 1 saturated heterocycles. The fraction of sp³-hybridized carbons (Fsp3) is 0.500. The van der Waals surface area contributed by atoms with Gasteiger partial charge in [0, 0.05) is 31.8 Å². The first-order valence-electron chi connectivity index (χ1n) is 9.83. The molecule has 5 nitrogen and oxygen atoms in total. The van der Waals surface area contributed by atoms with Crippen LogP contribution in [0.15, 0.2) is 41.1 Å². The molecular formula is C22H28N2O3. The lowest BCUT2D eigenvalue weighted by atomic mass is 9.81. The molecule has 2 heterocycles. The maximum atomic E-state index is 12.6. The molecule has 144 valence electrons. The van der Waals surface area contributed by atoms with Gasteiger partial charge >= 0.3 is 0 Å². The van der Waals surface area contributed by atoms with Crippen molar-refractivity contribution in [1.29, 1.82) is 0 Å². The number of nitrogens with zero attached hydrogens (tertiary/aromatic N) is 2. The van der Waals surface area contributed by atoms with Crippen LogP contribution in [0.1, 0.15) is 55.0 Å². The summed E-state index contributed by atoms with van der Waals surface area (Å²) in [7, 11) is 0. The van der Waals surface area contributed by atoms with Crippen LogP contribution in [0.2, 0.25) is 0 Å². The Kier molecular flexibility index (Phi) is 6.80. The number of piperidine rings is 1. The molecule has 0 saturated carbocycles. The van der Waals surface area contributed by atoms with Crippen molar-refractivity contribution >= 4 is 12.2 Å². The number of hydrogen-bond donors (Lipinski definition) is 0. The third kappa shape index (κ3) is 5.28. The molecule has 1 amide bonds. The van der Waals surface area contributed by atoms with Crippen molar-refractivity contribution < 1.29 is 14.0 Å². The molecule has 0 N–H and O–H groups in total. The highest BCUT2D eigenvalue weighted by molar-refractivity contribution is 5.76. The highest BCUT2D eigenvalue weighted by Gasteiger charge is 2.31. The van der Waals surface area contributed by atoms with E-state index >= 15 is 0 Å². The van der Waals surface area contributed by atoms with Crippen LogP contribution < -0.4 is 0 Å². The zero-order chi connectivity index (χ0) is 19.1. The summed E-state index contributed by atoms with van der Waals surface area (Å²) in [6.45, 7) is 3.62. The molecule has 0 radical (unpaired) electrons. The van der Waals surface area contributed by atoms with Crippen molar-refractivity contribution in [3.63, 3.8) is 0 Å². The molecule has 0 bridgehead atoms. The van der Waals surface area contributed by atoms with E-state index in [1.165, 1.54) is 11.1 Å². The number of aldehydes is 1. The van der Waals surface area contributed by atoms with Crippen LogP contribution in [0.3, 0.4) is 0 Å². The van der Waals surface area contributed by atoms with Gasteiger partial charge in [-0.25, -0.2) is 4.98 Å². The Morgan fingerprint density at radius 1 is 1.30 bits per heavy atom. The van der Waals surface area contributed by atoms with Gasteiger partial charge in [-0.05, 0) is 44.1 Å². The monoisotopic (exact) mass is 368 g/mol. The molecule has 1 fully saturated rings. The molecule has 5 heteroatoms. The normalized spacial score (nSPS) is 16.3. The Labute approximate surface area is 160 Å². The number of rotatable bonds is 8. The predicted octanol–water partition coefficient (Wildman–Crippen LogP) is 3.92. The summed E-state index contributed by atoms with van der Waals surface area (Å²) in [5, 5.41) is 0. The Morgan fingerprint density at radius 3 is 2.67 bits per heavy atom. The molecule has 3 rings (SSSR count). The number of oxazole rings is 1. The summed E-state index contributed by atoms with van der Waals surface area (Å²) < 4.78 is 5.51. The second kappa shape index (κ2) is 9.49. The van der Waals surface area contributed by atoms with Crippen molar-refractivity contribution in [2.45, 2.75) is 51.4 Å². The summed E-state index contributed by atoms with van der Waals surface area (Å²) in [6, 6.07) is 8.38. The van der Waals surface area contributed by atoms with Gasteiger partial charge in [0.25, 0.3) is 0 Å². The van der Waals surface area contributed by atoms with Gasteiger partial charge in [-0.2, -0.15) is 0 Å². The molecule has 1 aromatic heterocycles. The third-order valence-corrected chi connectivity index (χ3v) is 5.57. The van der Waals surface area contributed by atoms with Crippen LogP contribution in [0.4, 0.5) is 0 Å². The standard InChI is InChI=1S/C22H28N2O3/c1-17-4-6-18(7-5-17)8-9-21(26)24-13-10-19(11-14-24)20(3-2-15-25)22-23-12-16-27-22/h4-7,12,15-16,19-20H,2-3,8-11,13-14H2,1H3. The van der Waals surface area contributed by atoms with Gasteiger partial charge in [0.2, 0.25) is 5.91 Å². The van der Waals surface area contributed by atoms with Gasteiger partial charge in [-0.1, -0.05) is 29.8 Å². The maximum absolute atomic E-state index is 12.6. The SMILES string of the molecule is Cc1ccc(CCC(=O)N2CCC(C(CCC=O)c3ncco3)CC2)cc1. The van der Waals surface area contributed by atoms with Crippen molar-refractivity contribution in [2.75, 3.05) is 13.1 Å². The molecule has 1 unspecified atom stereocenters. The van der Waals surface area contributed by atoms with E-state index in [4.69, 9.17) is 4.42 Å². The van der Waals surface area contributed by atoms with E-state index < -0.39 is 0 Å². The maximum Gasteiger partial charge on any atom is 0.222 e. The zero-order valence-corrected chi connectivity index (χ0v) is 16.0. The van der Waals surface area contributed by atoms with E-state index in [9.17, 15) is 9.59 Å². The molecule has 2 aromatic rings. The quantitative estimate of drug-likeness (QED) is 0.663. The van der Waals surface area contributed by atoms with E-state index in [-0.39, 0.29) is 11.8 Å². The number of hydrogen-bond acceptors (Lipinski definition) is 4. The van der Waals surface area contributed by atoms with Gasteiger partial charge in [0.15, 0.2) is 5.89 Å². The average Bonchev–Trinajstić information content (AvgIpc) is 3.22. The summed E-state index contributed by atoms with van der Waals surface area (Å²) >= 11 is 0. The van der Waals surface area contributed by atoms with Gasteiger partial charge in [0.1, 0.15) is 12.5 Å². The van der Waals surface area contributed by atoms with Gasteiger partial charge in [-0.15, -0.1) is 0 Å². The lowest BCUT2D eigenvalue weighted by Crippen LogP contribution is -2.40. The summed E-state index contributed by atoms with van der Waals surface area (Å²) in [6.07, 6.45) is 8.70. The zero-order valence-electron chi connectivity index (χ0n) is 16.0. The van der Waals surface area contributed by atoms with E-state index in [0.717, 1.165) is 50.9 Å². The van der Waals surface area contributed by atoms with Crippen LogP contribution in [0, 0.1) is 12.8 Å². The van der Waals surface area contributed by atoms with E-state index in [0.29, 0.717) is 18.8 Å². The number of aryl methyl sites for hydroxylation is 2. The summed E-state index contributed by atoms with van der Waals surface area (Å²) in [5.74, 6) is 1.52. The number of aromatic nitrogens is 1. The van der Waals surface area contributed by atoms with Crippen LogP contribution in [0.25, 0.3) is 0 Å². The lowest BCUT2D eigenvalue weighted by Gasteiger charge is -2.35. The van der Waals surface area contributed by atoms with Crippen molar-refractivity contribution in [1.82, 2.24) is 9.88 Å². The van der Waals surface area contributed by atoms with E-state index in [1.807, 2.05) is 4.90 Å². The molecule has 1 atom stereocenters. The van der Waals surface area contributed by atoms with Crippen LogP contribution in [-0.2, 0) is 16.0 Å². The fourth-order valence-electron chi connectivity index (χ4n) is 3.94. The highest BCUT2D eigenvalue weighted by atomic mass is 16.3. The Hall–Kier alpha value is -2.43. The topological polar surface area (TPSA) is 63.4 Å². The molecule has 0 spiro atoms. The largest absolute Gasteiger partial charge is 0.449 e. The number of amides is 1. The number of carbonyl (C=O) groups excluding carboxylic acids is 2. The molecule has 1 aromatic carbocycles. The lowest BCUT2D eigenvalue weighted by molar-refractivity contribution is -0.132. The van der Waals surface area contributed by atoms with E-state index in [1.54, 1.807) is 12.5 Å². The molecule has 1 aliphatic rings. The molecule has 1 aliphatic heterocycles. The summed E-state index contributed by atoms with van der Waals surface area (Å²) in [4.78, 5) is 29.7. The Bertz CT molecular complexity index is 717. The van der Waals surface area contributed by atoms with Gasteiger partial charge in [-0.3, -0.25) is 4.79 Å². The molecular weight excluding hydrogens is 340 g/mol. The predicted molar refractivity (Wildman–Crippen MR) is 103 cm³/mol. The minimum atomic E-state index is 0.162. The fourth-order valence-corrected chi connectivity index (χ4v) is 3.94. The van der Waals surface area contributed by atoms with Crippen LogP contribution in [-0.4, -0.2) is 35.2 Å². The molecule has 27 heavy (non-hydrogen) atoms. The number of benzene rings is 1. The first kappa shape index (κ1) is 19.3. The van der Waals surface area contributed by atoms with Crippen molar-refractivity contribution in [3.8, 4) is 0 Å². The Morgan fingerprint density at radius 2 is 2.04 bits per heavy atom. The Balaban J connectivity index is 1.50. The van der Waals surface area contributed by atoms with Crippen LogP contribution >= 0.6 is 0 Å². The second-order valence-electron chi connectivity index (χ2n) is 7.42. The minimum Gasteiger partial charge on any atom is -0.449 e. The van der Waals surface area contributed by atoms with Gasteiger partial charge in [0.05, 0.1) is 6.20 Å². The van der Waals surface area contributed by atoms with Crippen molar-refractivity contribution in [2.24, 2.45) is 5.92 Å². The second-order valence-corrected chi connectivity index (χ2v) is 7.42. The third-order valence-electron chi connectivity index (χ3n) is 5.57. The van der Waals surface area contributed by atoms with Gasteiger partial charge < -0.3 is 14.1 Å². The highest BCUT2D eigenvalue weighted by Crippen LogP contribution is 2.35. The summed E-state index contributed by atoms with van der Waals surface area (Å²) in [5.41, 5.74) is 2.45. The minimum absolute atomic E-state index is 0.162. The smallest absolute Gasteiger partial charge is 0.222 e. The number of carbonyl (C=O) groups is 2.